The van der Waals surface area contributed by atoms with Crippen molar-refractivity contribution >= 4 is 27.4 Å². The van der Waals surface area contributed by atoms with Crippen LogP contribution in [0.3, 0.4) is 0 Å². The van der Waals surface area contributed by atoms with E-state index < -0.39 is 0 Å². The predicted octanol–water partition coefficient (Wildman–Crippen LogP) is 3.38. The molecule has 1 aliphatic carbocycles. The maximum atomic E-state index is 4.48. The first kappa shape index (κ1) is 10.4. The molecular formula is C12H16BrN3. The van der Waals surface area contributed by atoms with Gasteiger partial charge in [-0.1, -0.05) is 12.8 Å². The minimum absolute atomic E-state index is 0.305. The lowest BCUT2D eigenvalue weighted by Crippen LogP contribution is -2.35. The Balaban J connectivity index is 1.94. The molecule has 0 amide bonds. The number of nitrogens with one attached hydrogen (secondary N) is 2. The molecule has 2 aliphatic rings. The molecule has 3 rings (SSSR count). The Kier molecular flexibility index (Phi) is 2.54. The number of halogens is 1. The molecular weight excluding hydrogens is 266 g/mol. The summed E-state index contributed by atoms with van der Waals surface area (Å²) in [7, 11) is 0. The summed E-state index contributed by atoms with van der Waals surface area (Å²) in [6.07, 6.45) is 8.32. The van der Waals surface area contributed by atoms with Gasteiger partial charge < -0.3 is 10.6 Å². The normalized spacial score (nSPS) is 22.1. The van der Waals surface area contributed by atoms with Gasteiger partial charge in [0.05, 0.1) is 5.69 Å². The van der Waals surface area contributed by atoms with Gasteiger partial charge in [-0.25, -0.2) is 4.98 Å². The average molecular weight is 282 g/mol. The molecule has 0 unspecified atom stereocenters. The maximum Gasteiger partial charge on any atom is 0.149 e. The van der Waals surface area contributed by atoms with Crippen LogP contribution in [0.5, 0.6) is 0 Å². The highest BCUT2D eigenvalue weighted by Crippen LogP contribution is 2.39. The molecule has 1 saturated carbocycles. The molecule has 1 fully saturated rings. The fourth-order valence-corrected chi connectivity index (χ4v) is 3.18. The largest absolute Gasteiger partial charge is 0.382 e. The Hall–Kier alpha value is -0.770. The van der Waals surface area contributed by atoms with Crippen molar-refractivity contribution in [3.05, 3.63) is 16.7 Å². The smallest absolute Gasteiger partial charge is 0.149 e. The van der Waals surface area contributed by atoms with E-state index >= 15 is 0 Å². The molecule has 86 valence electrons. The van der Waals surface area contributed by atoms with Gasteiger partial charge in [-0.15, -0.1) is 0 Å². The van der Waals surface area contributed by atoms with Gasteiger partial charge in [-0.2, -0.15) is 0 Å². The van der Waals surface area contributed by atoms with Crippen LogP contribution in [0.25, 0.3) is 0 Å². The van der Waals surface area contributed by atoms with Gasteiger partial charge in [0.2, 0.25) is 0 Å². The molecule has 0 saturated heterocycles. The molecule has 4 heteroatoms. The van der Waals surface area contributed by atoms with E-state index in [0.717, 1.165) is 22.5 Å². The molecule has 1 spiro atoms. The topological polar surface area (TPSA) is 37.0 Å². The average Bonchev–Trinajstić information content (AvgIpc) is 2.62. The minimum Gasteiger partial charge on any atom is -0.382 e. The number of fused-ring (bicyclic) bond motifs is 1. The minimum atomic E-state index is 0.305. The Bertz CT molecular complexity index is 399. The van der Waals surface area contributed by atoms with Crippen molar-refractivity contribution in [2.24, 2.45) is 0 Å². The van der Waals surface area contributed by atoms with Crippen LogP contribution in [0, 0.1) is 0 Å². The van der Waals surface area contributed by atoms with E-state index in [-0.39, 0.29) is 0 Å². The molecule has 0 radical (unpaired) electrons. The third-order valence-electron chi connectivity index (χ3n) is 3.72. The summed E-state index contributed by atoms with van der Waals surface area (Å²) >= 11 is 3.46. The molecule has 2 N–H and O–H groups in total. The highest BCUT2D eigenvalue weighted by Gasteiger charge is 2.35. The summed E-state index contributed by atoms with van der Waals surface area (Å²) in [6, 6.07) is 2.10. The van der Waals surface area contributed by atoms with Crippen molar-refractivity contribution in [1.82, 2.24) is 4.98 Å². The Morgan fingerprint density at radius 3 is 2.88 bits per heavy atom. The van der Waals surface area contributed by atoms with Crippen LogP contribution in [0.4, 0.5) is 11.5 Å². The molecule has 16 heavy (non-hydrogen) atoms. The summed E-state index contributed by atoms with van der Waals surface area (Å²) in [5.74, 6) is 1.02. The van der Waals surface area contributed by atoms with Gasteiger partial charge in [0, 0.05) is 22.8 Å². The number of hydrogen-bond donors (Lipinski definition) is 2. The van der Waals surface area contributed by atoms with E-state index in [1.807, 2.05) is 6.20 Å². The number of rotatable bonds is 0. The first-order chi connectivity index (χ1) is 7.77. The lowest BCUT2D eigenvalue weighted by molar-refractivity contribution is 0.459. The van der Waals surface area contributed by atoms with Crippen LogP contribution in [-0.2, 0) is 0 Å². The summed E-state index contributed by atoms with van der Waals surface area (Å²) in [5.41, 5.74) is 1.43. The number of hydrogen-bond acceptors (Lipinski definition) is 3. The van der Waals surface area contributed by atoms with Crippen LogP contribution in [0.2, 0.25) is 0 Å². The molecule has 0 atom stereocenters. The number of pyridine rings is 1. The lowest BCUT2D eigenvalue weighted by Gasteiger charge is -2.28. The standard InChI is InChI=1S/C12H16BrN3/c13-9-7-10-11(15-8-9)16-12(5-6-14-10)3-1-2-4-12/h7-8,14H,1-6H2,(H,15,16). The van der Waals surface area contributed by atoms with Gasteiger partial charge in [-0.3, -0.25) is 0 Å². The Morgan fingerprint density at radius 2 is 2.06 bits per heavy atom. The summed E-state index contributed by atoms with van der Waals surface area (Å²) in [4.78, 5) is 4.48. The number of nitrogens with zero attached hydrogens (tertiary/aromatic N) is 1. The van der Waals surface area contributed by atoms with Gasteiger partial charge in [0.15, 0.2) is 0 Å². The molecule has 1 aromatic rings. The van der Waals surface area contributed by atoms with E-state index in [0.29, 0.717) is 5.54 Å². The predicted molar refractivity (Wildman–Crippen MR) is 69.9 cm³/mol. The van der Waals surface area contributed by atoms with Crippen molar-refractivity contribution in [3.8, 4) is 0 Å². The molecule has 1 aromatic heterocycles. The zero-order valence-electron chi connectivity index (χ0n) is 9.22. The first-order valence-electron chi connectivity index (χ1n) is 5.95. The second-order valence-corrected chi connectivity index (χ2v) is 5.75. The van der Waals surface area contributed by atoms with E-state index in [9.17, 15) is 0 Å². The van der Waals surface area contributed by atoms with E-state index in [1.54, 1.807) is 0 Å². The molecule has 3 nitrogen and oxygen atoms in total. The molecule has 2 heterocycles. The highest BCUT2D eigenvalue weighted by atomic mass is 79.9. The van der Waals surface area contributed by atoms with Crippen molar-refractivity contribution in [3.63, 3.8) is 0 Å². The Morgan fingerprint density at radius 1 is 1.25 bits per heavy atom. The van der Waals surface area contributed by atoms with Crippen LogP contribution in [0.1, 0.15) is 32.1 Å². The number of anilines is 2. The Labute approximate surface area is 104 Å². The van der Waals surface area contributed by atoms with Crippen LogP contribution < -0.4 is 10.6 Å². The third-order valence-corrected chi connectivity index (χ3v) is 4.15. The second kappa shape index (κ2) is 3.91. The molecule has 1 aliphatic heterocycles. The van der Waals surface area contributed by atoms with Crippen molar-refractivity contribution in [1.29, 1.82) is 0 Å². The van der Waals surface area contributed by atoms with Crippen molar-refractivity contribution in [2.45, 2.75) is 37.6 Å². The van der Waals surface area contributed by atoms with Gasteiger partial charge in [-0.05, 0) is 41.3 Å². The molecule has 0 aromatic carbocycles. The van der Waals surface area contributed by atoms with E-state index in [1.165, 1.54) is 32.1 Å². The van der Waals surface area contributed by atoms with Crippen LogP contribution in [0.15, 0.2) is 16.7 Å². The lowest BCUT2D eigenvalue weighted by atomic mass is 9.93. The summed E-state index contributed by atoms with van der Waals surface area (Å²) in [5, 5.41) is 7.13. The van der Waals surface area contributed by atoms with Crippen LogP contribution >= 0.6 is 15.9 Å². The van der Waals surface area contributed by atoms with Gasteiger partial charge in [0.1, 0.15) is 5.82 Å². The van der Waals surface area contributed by atoms with E-state index in [4.69, 9.17) is 0 Å². The summed E-state index contributed by atoms with van der Waals surface area (Å²) < 4.78 is 1.03. The zero-order chi connectivity index (χ0) is 11.0. The maximum absolute atomic E-state index is 4.48. The van der Waals surface area contributed by atoms with Gasteiger partial charge in [0.25, 0.3) is 0 Å². The first-order valence-corrected chi connectivity index (χ1v) is 6.74. The SMILES string of the molecule is Brc1cnc2c(c1)NCCC1(CCCC1)N2. The monoisotopic (exact) mass is 281 g/mol. The fourth-order valence-electron chi connectivity index (χ4n) is 2.85. The third kappa shape index (κ3) is 1.79. The van der Waals surface area contributed by atoms with Gasteiger partial charge >= 0.3 is 0 Å². The molecule has 0 bridgehead atoms. The van der Waals surface area contributed by atoms with Crippen molar-refractivity contribution in [2.75, 3.05) is 17.2 Å². The quantitative estimate of drug-likeness (QED) is 0.766. The highest BCUT2D eigenvalue weighted by molar-refractivity contribution is 9.10. The van der Waals surface area contributed by atoms with E-state index in [2.05, 4.69) is 37.6 Å². The zero-order valence-corrected chi connectivity index (χ0v) is 10.8. The summed E-state index contributed by atoms with van der Waals surface area (Å²) in [6.45, 7) is 1.04. The van der Waals surface area contributed by atoms with Crippen molar-refractivity contribution < 1.29 is 0 Å². The second-order valence-electron chi connectivity index (χ2n) is 4.84. The fraction of sp³-hybridized carbons (Fsp3) is 0.583. The van der Waals surface area contributed by atoms with Crippen LogP contribution in [-0.4, -0.2) is 17.1 Å². The number of aromatic nitrogens is 1.